The van der Waals surface area contributed by atoms with Gasteiger partial charge < -0.3 is 4.42 Å². The van der Waals surface area contributed by atoms with Gasteiger partial charge in [-0.05, 0) is 65.4 Å². The molecule has 0 N–H and O–H groups in total. The number of furan rings is 1. The van der Waals surface area contributed by atoms with Gasteiger partial charge in [0.2, 0.25) is 5.95 Å². The minimum absolute atomic E-state index is 0.571. The second-order valence-corrected chi connectivity index (χ2v) is 12.7. The average Bonchev–Trinajstić information content (AvgIpc) is 3.74. The van der Waals surface area contributed by atoms with Crippen molar-refractivity contribution in [1.29, 1.82) is 0 Å². The van der Waals surface area contributed by atoms with Crippen molar-refractivity contribution in [1.82, 2.24) is 19.5 Å². The topological polar surface area (TPSA) is 56.7 Å². The summed E-state index contributed by atoms with van der Waals surface area (Å²) < 4.78 is 8.80. The zero-order valence-electron chi connectivity index (χ0n) is 27.1. The molecular weight excluding hydrogens is 613 g/mol. The maximum absolute atomic E-state index is 6.64. The van der Waals surface area contributed by atoms with Gasteiger partial charge in [0, 0.05) is 32.7 Å². The first-order chi connectivity index (χ1) is 24.8. The maximum Gasteiger partial charge on any atom is 0.238 e. The van der Waals surface area contributed by atoms with Crippen LogP contribution in [0.3, 0.4) is 0 Å². The summed E-state index contributed by atoms with van der Waals surface area (Å²) in [6.45, 7) is 0. The maximum atomic E-state index is 6.64. The van der Waals surface area contributed by atoms with Crippen LogP contribution in [0.1, 0.15) is 18.4 Å². The second kappa shape index (κ2) is 11.5. The number of benzene rings is 6. The number of para-hydroxylation sites is 2. The van der Waals surface area contributed by atoms with E-state index in [1.807, 2.05) is 18.2 Å². The predicted octanol–water partition coefficient (Wildman–Crippen LogP) is 11.6. The largest absolute Gasteiger partial charge is 0.456 e. The molecule has 0 saturated heterocycles. The molecule has 50 heavy (non-hydrogen) atoms. The fraction of sp³-hybridized carbons (Fsp3) is 0.0444. The van der Waals surface area contributed by atoms with Gasteiger partial charge in [-0.1, -0.05) is 127 Å². The van der Waals surface area contributed by atoms with Gasteiger partial charge in [0.25, 0.3) is 0 Å². The smallest absolute Gasteiger partial charge is 0.238 e. The summed E-state index contributed by atoms with van der Waals surface area (Å²) in [5, 5.41) is 4.48. The number of rotatable bonds is 5. The molecule has 236 valence electrons. The van der Waals surface area contributed by atoms with Crippen LogP contribution in [-0.4, -0.2) is 19.5 Å². The highest BCUT2D eigenvalue weighted by molar-refractivity contribution is 6.14. The quantitative estimate of drug-likeness (QED) is 0.187. The van der Waals surface area contributed by atoms with Gasteiger partial charge in [-0.2, -0.15) is 9.97 Å². The van der Waals surface area contributed by atoms with Crippen LogP contribution in [0.5, 0.6) is 0 Å². The van der Waals surface area contributed by atoms with E-state index < -0.39 is 0 Å². The van der Waals surface area contributed by atoms with Crippen LogP contribution in [0.15, 0.2) is 162 Å². The summed E-state index contributed by atoms with van der Waals surface area (Å²) in [7, 11) is 0. The van der Waals surface area contributed by atoms with Gasteiger partial charge in [0.15, 0.2) is 11.6 Å². The van der Waals surface area contributed by atoms with Crippen molar-refractivity contribution in [2.75, 3.05) is 0 Å². The molecule has 0 spiro atoms. The van der Waals surface area contributed by atoms with Gasteiger partial charge in [-0.25, -0.2) is 4.98 Å². The van der Waals surface area contributed by atoms with E-state index in [0.717, 1.165) is 90.0 Å². The number of hydrogen-bond acceptors (Lipinski definition) is 4. The standard InChI is InChI=1S/C45H30N4O/c1-4-15-29(16-5-1)32-23-14-26-40-42(32)37-27-35(30-17-6-2-7-18-30)36(28-41(37)50-40)44-46-43(31-19-8-3-9-20-31)47-45(48-44)49-38-24-12-10-21-33(38)34-22-11-13-25-39(34)49/h1,3-6,8-28H,2,7H2. The summed E-state index contributed by atoms with van der Waals surface area (Å²) >= 11 is 0. The van der Waals surface area contributed by atoms with Crippen LogP contribution < -0.4 is 0 Å². The van der Waals surface area contributed by atoms with Crippen molar-refractivity contribution in [2.24, 2.45) is 0 Å². The van der Waals surface area contributed by atoms with Gasteiger partial charge in [0.05, 0.1) is 11.0 Å². The Morgan fingerprint density at radius 1 is 0.500 bits per heavy atom. The monoisotopic (exact) mass is 642 g/mol. The fourth-order valence-electron chi connectivity index (χ4n) is 7.41. The van der Waals surface area contributed by atoms with Crippen LogP contribution in [0.4, 0.5) is 0 Å². The fourth-order valence-corrected chi connectivity index (χ4v) is 7.41. The Morgan fingerprint density at radius 2 is 1.18 bits per heavy atom. The van der Waals surface area contributed by atoms with Crippen molar-refractivity contribution in [3.8, 4) is 39.9 Å². The molecule has 9 aromatic rings. The number of fused-ring (bicyclic) bond motifs is 6. The Hall–Kier alpha value is -6.59. The van der Waals surface area contributed by atoms with Crippen LogP contribution in [0, 0.1) is 0 Å². The molecule has 0 radical (unpaired) electrons. The molecule has 5 nitrogen and oxygen atoms in total. The predicted molar refractivity (Wildman–Crippen MR) is 204 cm³/mol. The minimum Gasteiger partial charge on any atom is -0.456 e. The van der Waals surface area contributed by atoms with Gasteiger partial charge in [-0.15, -0.1) is 0 Å². The first-order valence-corrected chi connectivity index (χ1v) is 17.0. The Labute approximate surface area is 288 Å². The van der Waals surface area contributed by atoms with Crippen LogP contribution in [0.2, 0.25) is 0 Å². The molecule has 5 heteroatoms. The lowest BCUT2D eigenvalue weighted by molar-refractivity contribution is 0.669. The molecule has 0 atom stereocenters. The molecule has 3 aromatic heterocycles. The highest BCUT2D eigenvalue weighted by atomic mass is 16.3. The van der Waals surface area contributed by atoms with Gasteiger partial charge in [-0.3, -0.25) is 4.57 Å². The number of nitrogens with zero attached hydrogens (tertiary/aromatic N) is 4. The zero-order valence-corrected chi connectivity index (χ0v) is 27.1. The summed E-state index contributed by atoms with van der Waals surface area (Å²) in [5.74, 6) is 1.78. The van der Waals surface area contributed by atoms with E-state index in [-0.39, 0.29) is 0 Å². The lowest BCUT2D eigenvalue weighted by Gasteiger charge is -2.15. The molecule has 0 aliphatic heterocycles. The van der Waals surface area contributed by atoms with E-state index in [9.17, 15) is 0 Å². The first-order valence-electron chi connectivity index (χ1n) is 17.0. The third kappa shape index (κ3) is 4.59. The Morgan fingerprint density at radius 3 is 1.90 bits per heavy atom. The molecule has 0 bridgehead atoms. The SMILES string of the molecule is C1=CC(c2cc3c(cc2-c2nc(-c4ccccc4)nc(-n4c5ccccc5c5ccccc54)n2)oc2cccc(-c4ccccc4)c23)=CCC1. The summed E-state index contributed by atoms with van der Waals surface area (Å²) in [6.07, 6.45) is 8.79. The van der Waals surface area contributed by atoms with Gasteiger partial charge >= 0.3 is 0 Å². The van der Waals surface area contributed by atoms with Crippen LogP contribution in [-0.2, 0) is 0 Å². The summed E-state index contributed by atoms with van der Waals surface area (Å²) in [5.41, 5.74) is 10.1. The number of hydrogen-bond donors (Lipinski definition) is 0. The highest BCUT2D eigenvalue weighted by Crippen LogP contribution is 2.42. The van der Waals surface area contributed by atoms with Crippen LogP contribution in [0.25, 0.3) is 89.2 Å². The van der Waals surface area contributed by atoms with E-state index in [2.05, 4.69) is 144 Å². The van der Waals surface area contributed by atoms with E-state index in [1.54, 1.807) is 0 Å². The molecule has 10 rings (SSSR count). The van der Waals surface area contributed by atoms with E-state index in [4.69, 9.17) is 19.4 Å². The third-order valence-corrected chi connectivity index (χ3v) is 9.70. The van der Waals surface area contributed by atoms with Crippen molar-refractivity contribution in [3.63, 3.8) is 0 Å². The molecule has 1 aliphatic carbocycles. The minimum atomic E-state index is 0.571. The van der Waals surface area contributed by atoms with Crippen molar-refractivity contribution >= 4 is 49.3 Å². The van der Waals surface area contributed by atoms with Crippen molar-refractivity contribution in [2.45, 2.75) is 12.8 Å². The average molecular weight is 643 g/mol. The molecule has 0 unspecified atom stereocenters. The molecular formula is C45H30N4O. The molecule has 0 fully saturated rings. The van der Waals surface area contributed by atoms with Gasteiger partial charge in [0.1, 0.15) is 11.2 Å². The first kappa shape index (κ1) is 28.4. The van der Waals surface area contributed by atoms with E-state index in [1.165, 1.54) is 0 Å². The van der Waals surface area contributed by atoms with Crippen molar-refractivity contribution in [3.05, 3.63) is 163 Å². The van der Waals surface area contributed by atoms with Crippen LogP contribution >= 0.6 is 0 Å². The number of aromatic nitrogens is 4. The Bertz CT molecular complexity index is 2750. The van der Waals surface area contributed by atoms with Crippen molar-refractivity contribution < 1.29 is 4.42 Å². The molecule has 1 aliphatic rings. The normalized spacial score (nSPS) is 13.1. The summed E-state index contributed by atoms with van der Waals surface area (Å²) in [4.78, 5) is 15.6. The second-order valence-electron chi connectivity index (χ2n) is 12.7. The summed E-state index contributed by atoms with van der Waals surface area (Å²) in [6, 6.07) is 48.3. The zero-order chi connectivity index (χ0) is 33.0. The molecule has 0 saturated carbocycles. The lowest BCUT2D eigenvalue weighted by atomic mass is 9.92. The highest BCUT2D eigenvalue weighted by Gasteiger charge is 2.22. The van der Waals surface area contributed by atoms with E-state index in [0.29, 0.717) is 17.6 Å². The number of allylic oxidation sites excluding steroid dienone is 4. The lowest BCUT2D eigenvalue weighted by Crippen LogP contribution is -2.07. The third-order valence-electron chi connectivity index (χ3n) is 9.70. The molecule has 6 aromatic carbocycles. The Balaban J connectivity index is 1.28. The molecule has 3 heterocycles. The molecule has 0 amide bonds. The Kier molecular flexibility index (Phi) is 6.56. The van der Waals surface area contributed by atoms with E-state index >= 15 is 0 Å².